The molecule has 1 amide bonds. The number of carbonyl (C=O) groups excluding carboxylic acids is 1. The highest BCUT2D eigenvalue weighted by molar-refractivity contribution is 6.01. The topological polar surface area (TPSA) is 49.8 Å². The van der Waals surface area contributed by atoms with E-state index in [9.17, 15) is 9.90 Å². The van der Waals surface area contributed by atoms with Crippen molar-refractivity contribution in [2.45, 2.75) is 12.5 Å². The molecule has 1 unspecified atom stereocenters. The Labute approximate surface area is 93.8 Å². The second-order valence-corrected chi connectivity index (χ2v) is 3.63. The molecule has 0 saturated carbocycles. The van der Waals surface area contributed by atoms with Crippen LogP contribution in [0.25, 0.3) is 0 Å². The average Bonchev–Trinajstić information content (AvgIpc) is 2.26. The third-order valence-corrected chi connectivity index (χ3v) is 2.70. The molecule has 0 aromatic heterocycles. The van der Waals surface area contributed by atoms with Crippen LogP contribution in [0.1, 0.15) is 6.42 Å². The molecule has 0 radical (unpaired) electrons. The number of aromatic hydroxyl groups is 1. The zero-order valence-electron chi connectivity index (χ0n) is 9.01. The normalized spacial score (nSPS) is 19.2. The summed E-state index contributed by atoms with van der Waals surface area (Å²) in [6, 6.07) is 4.93. The van der Waals surface area contributed by atoms with Crippen LogP contribution < -0.4 is 9.64 Å². The number of carbonyl (C=O) groups is 1. The quantitative estimate of drug-likeness (QED) is 0.621. The van der Waals surface area contributed by atoms with E-state index in [-0.39, 0.29) is 17.7 Å². The van der Waals surface area contributed by atoms with Gasteiger partial charge in [-0.25, -0.2) is 0 Å². The summed E-state index contributed by atoms with van der Waals surface area (Å²) in [5.74, 6) is 0.462. The molecule has 1 N–H and O–H groups in total. The fourth-order valence-electron chi connectivity index (χ4n) is 1.79. The van der Waals surface area contributed by atoms with Gasteiger partial charge < -0.3 is 14.7 Å². The molecule has 1 aliphatic heterocycles. The lowest BCUT2D eigenvalue weighted by Crippen LogP contribution is -2.51. The molecule has 1 saturated heterocycles. The Hall–Kier alpha value is -1.97. The molecule has 4 nitrogen and oxygen atoms in total. The molecule has 1 heterocycles. The largest absolute Gasteiger partial charge is 0.504 e. The van der Waals surface area contributed by atoms with Crippen LogP contribution in [0.5, 0.6) is 11.5 Å². The predicted octanol–water partition coefficient (Wildman–Crippen LogP) is 1.69. The number of ether oxygens (including phenoxy) is 1. The molecule has 0 bridgehead atoms. The molecular formula is C12H13NO3. The molecule has 0 aliphatic carbocycles. The average molecular weight is 219 g/mol. The SMILES string of the molecule is C=CC1CC(=O)N1c1ccc(OC)c(O)c1. The zero-order chi connectivity index (χ0) is 11.7. The van der Waals surface area contributed by atoms with Crippen LogP contribution in [0.15, 0.2) is 30.9 Å². The van der Waals surface area contributed by atoms with Crippen LogP contribution in [-0.4, -0.2) is 24.2 Å². The minimum atomic E-state index is 0.0281. The lowest BCUT2D eigenvalue weighted by molar-refractivity contribution is -0.123. The van der Waals surface area contributed by atoms with E-state index in [2.05, 4.69) is 6.58 Å². The van der Waals surface area contributed by atoms with E-state index in [1.54, 1.807) is 23.1 Å². The fourth-order valence-corrected chi connectivity index (χ4v) is 1.79. The molecule has 0 spiro atoms. The van der Waals surface area contributed by atoms with Crippen LogP contribution in [0.3, 0.4) is 0 Å². The molecule has 1 aromatic rings. The lowest BCUT2D eigenvalue weighted by Gasteiger charge is -2.38. The highest BCUT2D eigenvalue weighted by atomic mass is 16.5. The van der Waals surface area contributed by atoms with Crippen molar-refractivity contribution in [2.24, 2.45) is 0 Å². The van der Waals surface area contributed by atoms with Gasteiger partial charge in [0.25, 0.3) is 0 Å². The van der Waals surface area contributed by atoms with Gasteiger partial charge in [-0.3, -0.25) is 4.79 Å². The Morgan fingerprint density at radius 1 is 1.62 bits per heavy atom. The van der Waals surface area contributed by atoms with Crippen molar-refractivity contribution in [3.63, 3.8) is 0 Å². The van der Waals surface area contributed by atoms with Crippen molar-refractivity contribution in [2.75, 3.05) is 12.0 Å². The zero-order valence-corrected chi connectivity index (χ0v) is 9.01. The van der Waals surface area contributed by atoms with Gasteiger partial charge in [0.05, 0.1) is 19.6 Å². The fraction of sp³-hybridized carbons (Fsp3) is 0.250. The summed E-state index contributed by atoms with van der Waals surface area (Å²) in [5.41, 5.74) is 0.666. The van der Waals surface area contributed by atoms with Crippen LogP contribution in [0.4, 0.5) is 5.69 Å². The van der Waals surface area contributed by atoms with Crippen molar-refractivity contribution in [3.05, 3.63) is 30.9 Å². The number of amides is 1. The second kappa shape index (κ2) is 3.89. The van der Waals surface area contributed by atoms with Gasteiger partial charge in [-0.05, 0) is 12.1 Å². The third kappa shape index (κ3) is 1.52. The van der Waals surface area contributed by atoms with E-state index in [4.69, 9.17) is 4.74 Å². The Bertz CT molecular complexity index is 442. The molecule has 2 rings (SSSR count). The maximum atomic E-state index is 11.4. The smallest absolute Gasteiger partial charge is 0.229 e. The Kier molecular flexibility index (Phi) is 2.56. The number of β-lactam (4-membered cyclic amide) rings is 1. The number of anilines is 1. The summed E-state index contributed by atoms with van der Waals surface area (Å²) in [6.45, 7) is 3.67. The third-order valence-electron chi connectivity index (χ3n) is 2.70. The number of hydrogen-bond donors (Lipinski definition) is 1. The van der Waals surface area contributed by atoms with E-state index in [1.165, 1.54) is 13.2 Å². The Balaban J connectivity index is 2.30. The van der Waals surface area contributed by atoms with Gasteiger partial charge >= 0.3 is 0 Å². The van der Waals surface area contributed by atoms with E-state index in [1.807, 2.05) is 0 Å². The molecule has 4 heteroatoms. The molecule has 1 aliphatic rings. The minimum absolute atomic E-state index is 0.0281. The van der Waals surface area contributed by atoms with Gasteiger partial charge in [0.1, 0.15) is 0 Å². The van der Waals surface area contributed by atoms with Crippen LogP contribution >= 0.6 is 0 Å². The van der Waals surface area contributed by atoms with Gasteiger partial charge in [-0.1, -0.05) is 6.08 Å². The number of methoxy groups -OCH3 is 1. The summed E-state index contributed by atoms with van der Waals surface area (Å²) >= 11 is 0. The van der Waals surface area contributed by atoms with Gasteiger partial charge in [0.15, 0.2) is 11.5 Å². The first-order chi connectivity index (χ1) is 7.67. The summed E-state index contributed by atoms with van der Waals surface area (Å²) in [5, 5.41) is 9.62. The molecule has 1 atom stereocenters. The first kappa shape index (κ1) is 10.5. The first-order valence-electron chi connectivity index (χ1n) is 4.99. The van der Waals surface area contributed by atoms with Crippen LogP contribution in [0.2, 0.25) is 0 Å². The molecule has 1 fully saturated rings. The van der Waals surface area contributed by atoms with Gasteiger partial charge in [0.2, 0.25) is 5.91 Å². The maximum absolute atomic E-state index is 11.4. The monoisotopic (exact) mass is 219 g/mol. The lowest BCUT2D eigenvalue weighted by atomic mass is 10.0. The molecular weight excluding hydrogens is 206 g/mol. The van der Waals surface area contributed by atoms with Gasteiger partial charge in [-0.15, -0.1) is 6.58 Å². The number of benzene rings is 1. The maximum Gasteiger partial charge on any atom is 0.229 e. The number of rotatable bonds is 3. The van der Waals surface area contributed by atoms with Crippen LogP contribution in [-0.2, 0) is 4.79 Å². The highest BCUT2D eigenvalue weighted by Gasteiger charge is 2.35. The molecule has 16 heavy (non-hydrogen) atoms. The van der Waals surface area contributed by atoms with Crippen molar-refractivity contribution in [1.29, 1.82) is 0 Å². The predicted molar refractivity (Wildman–Crippen MR) is 60.7 cm³/mol. The standard InChI is InChI=1S/C12H13NO3/c1-3-8-7-12(15)13(8)9-4-5-11(16-2)10(14)6-9/h3-6,8,14H,1,7H2,2H3. The van der Waals surface area contributed by atoms with E-state index in [0.29, 0.717) is 17.9 Å². The summed E-state index contributed by atoms with van der Waals surface area (Å²) < 4.78 is 4.94. The number of nitrogens with zero attached hydrogens (tertiary/aromatic N) is 1. The van der Waals surface area contributed by atoms with E-state index in [0.717, 1.165) is 0 Å². The Morgan fingerprint density at radius 2 is 2.38 bits per heavy atom. The highest BCUT2D eigenvalue weighted by Crippen LogP contribution is 2.35. The Morgan fingerprint density at radius 3 is 2.88 bits per heavy atom. The van der Waals surface area contributed by atoms with Crippen molar-refractivity contribution in [1.82, 2.24) is 0 Å². The second-order valence-electron chi connectivity index (χ2n) is 3.63. The van der Waals surface area contributed by atoms with E-state index >= 15 is 0 Å². The van der Waals surface area contributed by atoms with Gasteiger partial charge in [0, 0.05) is 11.8 Å². The minimum Gasteiger partial charge on any atom is -0.504 e. The van der Waals surface area contributed by atoms with Crippen molar-refractivity contribution in [3.8, 4) is 11.5 Å². The first-order valence-corrected chi connectivity index (χ1v) is 4.99. The van der Waals surface area contributed by atoms with E-state index < -0.39 is 0 Å². The van der Waals surface area contributed by atoms with Crippen molar-refractivity contribution >= 4 is 11.6 Å². The number of phenolic OH excluding ortho intramolecular Hbond substituents is 1. The summed E-state index contributed by atoms with van der Waals surface area (Å²) in [6.07, 6.45) is 2.21. The number of phenols is 1. The van der Waals surface area contributed by atoms with Crippen molar-refractivity contribution < 1.29 is 14.6 Å². The number of hydrogen-bond acceptors (Lipinski definition) is 3. The van der Waals surface area contributed by atoms with Crippen LogP contribution in [0, 0.1) is 0 Å². The summed E-state index contributed by atoms with van der Waals surface area (Å²) in [4.78, 5) is 13.0. The molecule has 84 valence electrons. The summed E-state index contributed by atoms with van der Waals surface area (Å²) in [7, 11) is 1.48. The van der Waals surface area contributed by atoms with Gasteiger partial charge in [-0.2, -0.15) is 0 Å². The molecule has 1 aromatic carbocycles.